The van der Waals surface area contributed by atoms with Crippen molar-refractivity contribution in [3.05, 3.63) is 36.0 Å². The lowest BCUT2D eigenvalue weighted by atomic mass is 10.0. The summed E-state index contributed by atoms with van der Waals surface area (Å²) in [5.74, 6) is 0.521. The summed E-state index contributed by atoms with van der Waals surface area (Å²) >= 11 is 0. The van der Waals surface area contributed by atoms with Crippen molar-refractivity contribution in [1.29, 1.82) is 0 Å². The van der Waals surface area contributed by atoms with E-state index < -0.39 is 5.60 Å². The Morgan fingerprint density at radius 3 is 2.70 bits per heavy atom. The predicted molar refractivity (Wildman–Crippen MR) is 86.3 cm³/mol. The topological polar surface area (TPSA) is 87.2 Å². The van der Waals surface area contributed by atoms with Gasteiger partial charge in [0.25, 0.3) is 5.91 Å². The Morgan fingerprint density at radius 1 is 1.35 bits per heavy atom. The fraction of sp³-hybridized carbons (Fsp3) is 0.412. The van der Waals surface area contributed by atoms with Crippen molar-refractivity contribution in [2.75, 3.05) is 13.7 Å². The second kappa shape index (κ2) is 6.42. The average Bonchev–Trinajstić information content (AvgIpc) is 3.22. The molecule has 1 aromatic heterocycles. The lowest BCUT2D eigenvalue weighted by Crippen LogP contribution is -2.40. The van der Waals surface area contributed by atoms with Crippen molar-refractivity contribution < 1.29 is 14.6 Å². The average molecular weight is 315 g/mol. The number of methoxy groups -OCH3 is 1. The largest absolute Gasteiger partial charge is 0.497 e. The number of rotatable bonds is 5. The number of aromatic nitrogens is 2. The van der Waals surface area contributed by atoms with Gasteiger partial charge in [-0.05, 0) is 37.1 Å². The molecule has 0 spiro atoms. The zero-order chi connectivity index (χ0) is 16.3. The Balaban J connectivity index is 1.73. The van der Waals surface area contributed by atoms with Crippen LogP contribution in [0.1, 0.15) is 36.0 Å². The summed E-state index contributed by atoms with van der Waals surface area (Å²) in [6.07, 6.45) is 5.01. The summed E-state index contributed by atoms with van der Waals surface area (Å²) in [4.78, 5) is 12.4. The lowest BCUT2D eigenvalue weighted by molar-refractivity contribution is 0.0450. The van der Waals surface area contributed by atoms with Crippen molar-refractivity contribution in [2.45, 2.75) is 31.3 Å². The van der Waals surface area contributed by atoms with Crippen LogP contribution in [0, 0.1) is 0 Å². The number of nitrogens with one attached hydrogen (secondary N) is 2. The molecule has 1 saturated carbocycles. The molecule has 0 saturated heterocycles. The van der Waals surface area contributed by atoms with Gasteiger partial charge in [-0.25, -0.2) is 0 Å². The number of hydrogen-bond donors (Lipinski definition) is 3. The molecule has 3 rings (SSSR count). The maximum absolute atomic E-state index is 12.4. The number of aromatic amines is 1. The quantitative estimate of drug-likeness (QED) is 0.789. The van der Waals surface area contributed by atoms with E-state index >= 15 is 0 Å². The summed E-state index contributed by atoms with van der Waals surface area (Å²) in [5.41, 5.74) is 1.22. The summed E-state index contributed by atoms with van der Waals surface area (Å²) in [5, 5.41) is 20.0. The number of H-pyrrole nitrogens is 1. The van der Waals surface area contributed by atoms with E-state index in [1.165, 1.54) is 6.20 Å². The number of ether oxygens (including phenoxy) is 1. The lowest BCUT2D eigenvalue weighted by Gasteiger charge is -2.22. The van der Waals surface area contributed by atoms with Crippen molar-refractivity contribution in [3.8, 4) is 17.0 Å². The number of amides is 1. The van der Waals surface area contributed by atoms with E-state index in [9.17, 15) is 9.90 Å². The van der Waals surface area contributed by atoms with E-state index in [2.05, 4.69) is 15.5 Å². The van der Waals surface area contributed by atoms with Gasteiger partial charge in [0.15, 0.2) is 0 Å². The number of benzene rings is 1. The zero-order valence-corrected chi connectivity index (χ0v) is 13.1. The van der Waals surface area contributed by atoms with Crippen LogP contribution in [0.2, 0.25) is 0 Å². The van der Waals surface area contributed by atoms with Crippen LogP contribution >= 0.6 is 0 Å². The fourth-order valence-electron chi connectivity index (χ4n) is 2.99. The van der Waals surface area contributed by atoms with E-state index in [1.807, 2.05) is 24.3 Å². The minimum atomic E-state index is -0.764. The third-order valence-electron chi connectivity index (χ3n) is 4.37. The molecule has 1 aliphatic rings. The molecule has 6 heteroatoms. The van der Waals surface area contributed by atoms with Gasteiger partial charge in [-0.2, -0.15) is 5.10 Å². The van der Waals surface area contributed by atoms with E-state index in [0.717, 1.165) is 37.0 Å². The van der Waals surface area contributed by atoms with E-state index in [0.29, 0.717) is 11.3 Å². The molecule has 1 amide bonds. The molecule has 0 bridgehead atoms. The number of hydrogen-bond acceptors (Lipinski definition) is 4. The molecule has 2 aromatic rings. The molecule has 1 fully saturated rings. The smallest absolute Gasteiger partial charge is 0.255 e. The molecule has 23 heavy (non-hydrogen) atoms. The van der Waals surface area contributed by atoms with Crippen LogP contribution in [0.25, 0.3) is 11.3 Å². The molecular formula is C17H21N3O3. The van der Waals surface area contributed by atoms with E-state index in [1.54, 1.807) is 7.11 Å². The molecule has 1 heterocycles. The van der Waals surface area contributed by atoms with Gasteiger partial charge in [0.1, 0.15) is 5.75 Å². The Bertz CT molecular complexity index is 673. The second-order valence-electron chi connectivity index (χ2n) is 6.00. The van der Waals surface area contributed by atoms with Crippen molar-refractivity contribution in [3.63, 3.8) is 0 Å². The van der Waals surface area contributed by atoms with E-state index in [-0.39, 0.29) is 12.5 Å². The van der Waals surface area contributed by atoms with Gasteiger partial charge in [0.05, 0.1) is 30.2 Å². The third-order valence-corrected chi connectivity index (χ3v) is 4.37. The van der Waals surface area contributed by atoms with Crippen LogP contribution in [0.5, 0.6) is 5.75 Å². The maximum atomic E-state index is 12.4. The predicted octanol–water partition coefficient (Wildman–Crippen LogP) is 2.12. The van der Waals surface area contributed by atoms with Gasteiger partial charge in [-0.3, -0.25) is 9.89 Å². The van der Waals surface area contributed by atoms with Crippen LogP contribution in [-0.4, -0.2) is 40.5 Å². The van der Waals surface area contributed by atoms with Gasteiger partial charge in [-0.1, -0.05) is 12.8 Å². The first-order chi connectivity index (χ1) is 11.1. The highest BCUT2D eigenvalue weighted by Crippen LogP contribution is 2.29. The first kappa shape index (κ1) is 15.6. The summed E-state index contributed by atoms with van der Waals surface area (Å²) in [7, 11) is 1.61. The maximum Gasteiger partial charge on any atom is 0.255 e. The second-order valence-corrected chi connectivity index (χ2v) is 6.00. The van der Waals surface area contributed by atoms with Crippen molar-refractivity contribution >= 4 is 5.91 Å². The number of nitrogens with zero attached hydrogens (tertiary/aromatic N) is 1. The highest BCUT2D eigenvalue weighted by molar-refractivity contribution is 5.99. The van der Waals surface area contributed by atoms with Crippen LogP contribution in [0.4, 0.5) is 0 Å². The van der Waals surface area contributed by atoms with Gasteiger partial charge in [0, 0.05) is 12.1 Å². The number of carbonyl (C=O) groups excluding carboxylic acids is 1. The summed E-state index contributed by atoms with van der Waals surface area (Å²) in [6, 6.07) is 7.40. The summed E-state index contributed by atoms with van der Waals surface area (Å²) in [6.45, 7) is 0.277. The molecule has 6 nitrogen and oxygen atoms in total. The summed E-state index contributed by atoms with van der Waals surface area (Å²) < 4.78 is 5.14. The molecule has 0 atom stereocenters. The van der Waals surface area contributed by atoms with Gasteiger partial charge in [0.2, 0.25) is 0 Å². The van der Waals surface area contributed by atoms with E-state index in [4.69, 9.17) is 4.74 Å². The Morgan fingerprint density at radius 2 is 2.04 bits per heavy atom. The Kier molecular flexibility index (Phi) is 4.34. The van der Waals surface area contributed by atoms with Gasteiger partial charge >= 0.3 is 0 Å². The standard InChI is InChI=1S/C17H21N3O3/c1-23-13-6-4-12(5-7-13)15-14(10-19-20-15)16(21)18-11-17(22)8-2-3-9-17/h4-7,10,22H,2-3,8-9,11H2,1H3,(H,18,21)(H,19,20). The van der Waals surface area contributed by atoms with Crippen LogP contribution in [0.15, 0.2) is 30.5 Å². The van der Waals surface area contributed by atoms with Gasteiger partial charge < -0.3 is 15.2 Å². The Hall–Kier alpha value is -2.34. The third kappa shape index (κ3) is 3.37. The first-order valence-corrected chi connectivity index (χ1v) is 7.80. The SMILES string of the molecule is COc1ccc(-c2[nH]ncc2C(=O)NCC2(O)CCCC2)cc1. The molecule has 3 N–H and O–H groups in total. The molecule has 1 aliphatic carbocycles. The molecule has 122 valence electrons. The van der Waals surface area contributed by atoms with Crippen molar-refractivity contribution in [2.24, 2.45) is 0 Å². The van der Waals surface area contributed by atoms with Gasteiger partial charge in [-0.15, -0.1) is 0 Å². The molecule has 0 radical (unpaired) electrons. The minimum Gasteiger partial charge on any atom is -0.497 e. The molecule has 0 aliphatic heterocycles. The molecular weight excluding hydrogens is 294 g/mol. The highest BCUT2D eigenvalue weighted by atomic mass is 16.5. The number of aliphatic hydroxyl groups is 1. The van der Waals surface area contributed by atoms with Crippen LogP contribution in [-0.2, 0) is 0 Å². The highest BCUT2D eigenvalue weighted by Gasteiger charge is 2.31. The van der Waals surface area contributed by atoms with Crippen LogP contribution in [0.3, 0.4) is 0 Å². The molecule has 1 aromatic carbocycles. The minimum absolute atomic E-state index is 0.232. The normalized spacial score (nSPS) is 16.3. The zero-order valence-electron chi connectivity index (χ0n) is 13.1. The van der Waals surface area contributed by atoms with Crippen LogP contribution < -0.4 is 10.1 Å². The monoisotopic (exact) mass is 315 g/mol. The number of carbonyl (C=O) groups is 1. The fourth-order valence-corrected chi connectivity index (χ4v) is 2.99. The molecule has 0 unspecified atom stereocenters. The first-order valence-electron chi connectivity index (χ1n) is 7.80. The Labute approximate surface area is 134 Å². The van der Waals surface area contributed by atoms with Crippen molar-refractivity contribution in [1.82, 2.24) is 15.5 Å².